The minimum Gasteiger partial charge on any atom is -0.450 e. The van der Waals surface area contributed by atoms with Crippen molar-refractivity contribution in [2.24, 2.45) is 5.92 Å². The number of carboxylic acid groups (broad SMARTS) is 2. The van der Waals surface area contributed by atoms with Crippen molar-refractivity contribution in [3.63, 3.8) is 0 Å². The molecule has 0 aliphatic heterocycles. The molecule has 3 N–H and O–H groups in total. The van der Waals surface area contributed by atoms with Crippen LogP contribution in [0.5, 0.6) is 0 Å². The van der Waals surface area contributed by atoms with Crippen molar-refractivity contribution >= 4 is 12.1 Å². The topological polar surface area (TPSA) is 86.6 Å². The van der Waals surface area contributed by atoms with Crippen molar-refractivity contribution in [1.82, 2.24) is 5.32 Å². The van der Waals surface area contributed by atoms with Crippen LogP contribution in [0.3, 0.4) is 0 Å². The number of hydrogen-bond donors (Lipinski definition) is 3. The molecule has 0 unspecified atom stereocenters. The predicted octanol–water partition coefficient (Wildman–Crippen LogP) is 4.46. The van der Waals surface area contributed by atoms with Crippen LogP contribution < -0.4 is 5.32 Å². The minimum atomic E-state index is -1.83. The second kappa shape index (κ2) is 10.1. The normalized spacial score (nSPS) is 19.5. The lowest BCUT2D eigenvalue weighted by Crippen LogP contribution is -2.38. The van der Waals surface area contributed by atoms with E-state index in [1.54, 1.807) is 0 Å². The SMILES string of the molecule is CCC1CCC(NC(=O)Cc2c(C)cc(C)cc2C)CC1.O=C(O)O. The Morgan fingerprint density at radius 2 is 1.52 bits per heavy atom. The molecule has 1 fully saturated rings. The fraction of sp³-hybridized carbons (Fsp3) is 0.600. The first-order valence-corrected chi connectivity index (χ1v) is 9.00. The molecule has 0 bridgehead atoms. The molecule has 1 aromatic carbocycles. The van der Waals surface area contributed by atoms with E-state index in [0.29, 0.717) is 12.5 Å². The molecular weight excluding hydrogens is 318 g/mol. The fourth-order valence-electron chi connectivity index (χ4n) is 3.64. The average molecular weight is 349 g/mol. The zero-order chi connectivity index (χ0) is 19.0. The second-order valence-corrected chi connectivity index (χ2v) is 7.03. The molecule has 0 aromatic heterocycles. The zero-order valence-corrected chi connectivity index (χ0v) is 15.8. The molecule has 0 atom stereocenters. The molecule has 1 aliphatic rings. The maximum atomic E-state index is 12.3. The molecule has 0 heterocycles. The largest absolute Gasteiger partial charge is 0.503 e. The highest BCUT2D eigenvalue weighted by atomic mass is 16.6. The molecule has 1 aliphatic carbocycles. The Kier molecular flexibility index (Phi) is 8.46. The van der Waals surface area contributed by atoms with Gasteiger partial charge in [0.05, 0.1) is 6.42 Å². The van der Waals surface area contributed by atoms with E-state index in [1.165, 1.54) is 41.5 Å². The van der Waals surface area contributed by atoms with Crippen LogP contribution in [-0.2, 0) is 11.2 Å². The number of aryl methyl sites for hydroxylation is 3. The minimum absolute atomic E-state index is 0.185. The standard InChI is InChI=1S/C19H29NO.CH2O3/c1-5-16-6-8-17(9-7-16)20-19(21)12-18-14(3)10-13(2)11-15(18)4;2-1(3)4/h10-11,16-17H,5-9,12H2,1-4H3,(H,20,21);(H2,2,3,4). The lowest BCUT2D eigenvalue weighted by molar-refractivity contribution is -0.121. The Bertz CT molecular complexity index is 562. The highest BCUT2D eigenvalue weighted by Gasteiger charge is 2.21. The van der Waals surface area contributed by atoms with Gasteiger partial charge in [-0.15, -0.1) is 0 Å². The van der Waals surface area contributed by atoms with Gasteiger partial charge in [-0.3, -0.25) is 4.79 Å². The summed E-state index contributed by atoms with van der Waals surface area (Å²) in [6.07, 6.45) is 4.80. The second-order valence-electron chi connectivity index (χ2n) is 7.03. The van der Waals surface area contributed by atoms with E-state index in [4.69, 9.17) is 15.0 Å². The van der Waals surface area contributed by atoms with Gasteiger partial charge in [-0.05, 0) is 69.1 Å². The van der Waals surface area contributed by atoms with Gasteiger partial charge in [-0.1, -0.05) is 31.0 Å². The number of nitrogens with one attached hydrogen (secondary N) is 1. The van der Waals surface area contributed by atoms with E-state index in [2.05, 4.69) is 45.1 Å². The molecule has 0 spiro atoms. The maximum Gasteiger partial charge on any atom is 0.503 e. The van der Waals surface area contributed by atoms with E-state index >= 15 is 0 Å². The summed E-state index contributed by atoms with van der Waals surface area (Å²) in [4.78, 5) is 20.9. The molecule has 1 amide bonds. The number of benzene rings is 1. The van der Waals surface area contributed by atoms with Gasteiger partial charge in [0.25, 0.3) is 0 Å². The third kappa shape index (κ3) is 7.59. The van der Waals surface area contributed by atoms with Crippen LogP contribution in [0.4, 0.5) is 4.79 Å². The van der Waals surface area contributed by atoms with Gasteiger partial charge >= 0.3 is 6.16 Å². The van der Waals surface area contributed by atoms with E-state index in [-0.39, 0.29) is 5.91 Å². The number of rotatable bonds is 4. The molecule has 1 aromatic rings. The first-order chi connectivity index (χ1) is 11.7. The third-order valence-corrected chi connectivity index (χ3v) is 4.97. The molecule has 25 heavy (non-hydrogen) atoms. The van der Waals surface area contributed by atoms with Crippen LogP contribution in [0.15, 0.2) is 12.1 Å². The predicted molar refractivity (Wildman–Crippen MR) is 99.2 cm³/mol. The Morgan fingerprint density at radius 1 is 1.04 bits per heavy atom. The monoisotopic (exact) mass is 349 g/mol. The van der Waals surface area contributed by atoms with Crippen molar-refractivity contribution in [3.8, 4) is 0 Å². The van der Waals surface area contributed by atoms with E-state index in [0.717, 1.165) is 18.8 Å². The molecule has 5 nitrogen and oxygen atoms in total. The first-order valence-electron chi connectivity index (χ1n) is 9.00. The summed E-state index contributed by atoms with van der Waals surface area (Å²) < 4.78 is 0. The van der Waals surface area contributed by atoms with Crippen molar-refractivity contribution in [2.45, 2.75) is 72.3 Å². The van der Waals surface area contributed by atoms with Crippen LogP contribution in [0.2, 0.25) is 0 Å². The van der Waals surface area contributed by atoms with Crippen molar-refractivity contribution in [3.05, 3.63) is 34.4 Å². The summed E-state index contributed by atoms with van der Waals surface area (Å²) in [6.45, 7) is 8.59. The van der Waals surface area contributed by atoms with Gasteiger partial charge in [-0.2, -0.15) is 0 Å². The highest BCUT2D eigenvalue weighted by molar-refractivity contribution is 5.79. The van der Waals surface area contributed by atoms with E-state index in [1.807, 2.05) is 0 Å². The van der Waals surface area contributed by atoms with E-state index in [9.17, 15) is 4.79 Å². The zero-order valence-electron chi connectivity index (χ0n) is 15.8. The van der Waals surface area contributed by atoms with Crippen LogP contribution in [0.25, 0.3) is 0 Å². The molecule has 140 valence electrons. The van der Waals surface area contributed by atoms with Gasteiger partial charge in [0.2, 0.25) is 5.91 Å². The van der Waals surface area contributed by atoms with Gasteiger partial charge in [0, 0.05) is 6.04 Å². The summed E-state index contributed by atoms with van der Waals surface area (Å²) in [6, 6.07) is 4.73. The summed E-state index contributed by atoms with van der Waals surface area (Å²) in [5.41, 5.74) is 4.93. The lowest BCUT2D eigenvalue weighted by atomic mass is 9.84. The van der Waals surface area contributed by atoms with Gasteiger partial charge in [-0.25, -0.2) is 4.79 Å². The quantitative estimate of drug-likeness (QED) is 0.749. The smallest absolute Gasteiger partial charge is 0.450 e. The highest BCUT2D eigenvalue weighted by Crippen LogP contribution is 2.26. The first kappa shape index (κ1) is 21.0. The Morgan fingerprint density at radius 3 is 1.96 bits per heavy atom. The Hall–Kier alpha value is -2.04. The Labute approximate surface area is 150 Å². The average Bonchev–Trinajstić information content (AvgIpc) is 2.51. The summed E-state index contributed by atoms with van der Waals surface area (Å²) in [5, 5.41) is 17.2. The Balaban J connectivity index is 0.000000705. The van der Waals surface area contributed by atoms with Gasteiger partial charge in [0.15, 0.2) is 0 Å². The third-order valence-electron chi connectivity index (χ3n) is 4.97. The van der Waals surface area contributed by atoms with E-state index < -0.39 is 6.16 Å². The summed E-state index contributed by atoms with van der Waals surface area (Å²) in [5.74, 6) is 1.06. The lowest BCUT2D eigenvalue weighted by Gasteiger charge is -2.28. The van der Waals surface area contributed by atoms with Gasteiger partial charge in [0.1, 0.15) is 0 Å². The van der Waals surface area contributed by atoms with Crippen molar-refractivity contribution in [1.29, 1.82) is 0 Å². The number of hydrogen-bond acceptors (Lipinski definition) is 2. The molecule has 2 rings (SSSR count). The number of carbonyl (C=O) groups is 2. The van der Waals surface area contributed by atoms with Crippen LogP contribution >= 0.6 is 0 Å². The number of amides is 1. The van der Waals surface area contributed by atoms with Gasteiger partial charge < -0.3 is 15.5 Å². The molecule has 0 radical (unpaired) electrons. The van der Waals surface area contributed by atoms with Crippen LogP contribution in [-0.4, -0.2) is 28.3 Å². The molecule has 0 saturated heterocycles. The molecular formula is C20H31NO4. The summed E-state index contributed by atoms with van der Waals surface area (Å²) >= 11 is 0. The molecule has 1 saturated carbocycles. The maximum absolute atomic E-state index is 12.3. The van der Waals surface area contributed by atoms with Crippen LogP contribution in [0.1, 0.15) is 61.3 Å². The molecule has 5 heteroatoms. The summed E-state index contributed by atoms with van der Waals surface area (Å²) in [7, 11) is 0. The fourth-order valence-corrected chi connectivity index (χ4v) is 3.64. The van der Waals surface area contributed by atoms with Crippen LogP contribution in [0, 0.1) is 26.7 Å². The van der Waals surface area contributed by atoms with Crippen molar-refractivity contribution in [2.75, 3.05) is 0 Å². The van der Waals surface area contributed by atoms with Crippen molar-refractivity contribution < 1.29 is 19.8 Å². The number of carbonyl (C=O) groups excluding carboxylic acids is 1.